The zero-order chi connectivity index (χ0) is 16.0. The minimum atomic E-state index is 0.0438. The molecule has 1 rings (SSSR count). The third-order valence-corrected chi connectivity index (χ3v) is 3.68. The number of nitrogens with zero attached hydrogens (tertiary/aromatic N) is 1. The molecule has 4 nitrogen and oxygen atoms in total. The summed E-state index contributed by atoms with van der Waals surface area (Å²) >= 11 is 0. The van der Waals surface area contributed by atoms with E-state index in [4.69, 9.17) is 15.2 Å². The van der Waals surface area contributed by atoms with Crippen LogP contribution in [0.15, 0.2) is 18.2 Å². The number of nitrogens with two attached hydrogens (primary N) is 1. The molecule has 0 bridgehead atoms. The highest BCUT2D eigenvalue weighted by Crippen LogP contribution is 2.35. The van der Waals surface area contributed by atoms with Crippen molar-refractivity contribution in [2.45, 2.75) is 46.2 Å². The van der Waals surface area contributed by atoms with Crippen molar-refractivity contribution >= 4 is 0 Å². The summed E-state index contributed by atoms with van der Waals surface area (Å²) in [5.41, 5.74) is 7.25. The molecule has 0 saturated carbocycles. The number of ether oxygens (including phenoxy) is 2. The van der Waals surface area contributed by atoms with Crippen molar-refractivity contribution in [3.8, 4) is 11.5 Å². The number of methoxy groups -OCH3 is 1. The molecule has 1 aromatic carbocycles. The Morgan fingerprint density at radius 3 is 2.33 bits per heavy atom. The lowest BCUT2D eigenvalue weighted by Crippen LogP contribution is -2.46. The molecular formula is C17H30N2O2. The minimum absolute atomic E-state index is 0.0438. The summed E-state index contributed by atoms with van der Waals surface area (Å²) in [4.78, 5) is 2.40. The van der Waals surface area contributed by atoms with Crippen LogP contribution in [0.2, 0.25) is 0 Å². The van der Waals surface area contributed by atoms with Crippen LogP contribution >= 0.6 is 0 Å². The minimum Gasteiger partial charge on any atom is -0.497 e. The zero-order valence-electron chi connectivity index (χ0n) is 14.3. The van der Waals surface area contributed by atoms with Crippen LogP contribution in [0.4, 0.5) is 0 Å². The predicted molar refractivity (Wildman–Crippen MR) is 88.1 cm³/mol. The monoisotopic (exact) mass is 294 g/mol. The molecule has 120 valence electrons. The van der Waals surface area contributed by atoms with Gasteiger partial charge in [0.05, 0.1) is 19.8 Å². The summed E-state index contributed by atoms with van der Waals surface area (Å²) in [5.74, 6) is 1.66. The van der Waals surface area contributed by atoms with E-state index >= 15 is 0 Å². The van der Waals surface area contributed by atoms with Gasteiger partial charge >= 0.3 is 0 Å². The molecule has 0 aliphatic rings. The third-order valence-electron chi connectivity index (χ3n) is 3.68. The number of hydrogen-bond donors (Lipinski definition) is 1. The fourth-order valence-electron chi connectivity index (χ4n) is 2.78. The smallest absolute Gasteiger partial charge is 0.127 e. The van der Waals surface area contributed by atoms with Gasteiger partial charge in [0.15, 0.2) is 0 Å². The molecular weight excluding hydrogens is 264 g/mol. The maximum Gasteiger partial charge on any atom is 0.127 e. The molecule has 1 atom stereocenters. The average molecular weight is 294 g/mol. The Morgan fingerprint density at radius 1 is 1.24 bits per heavy atom. The molecule has 21 heavy (non-hydrogen) atoms. The van der Waals surface area contributed by atoms with Crippen molar-refractivity contribution in [2.75, 3.05) is 26.8 Å². The second kappa shape index (κ2) is 7.66. The first kappa shape index (κ1) is 17.8. The normalized spacial score (nSPS) is 13.3. The van der Waals surface area contributed by atoms with Crippen LogP contribution in [0, 0.1) is 0 Å². The molecule has 0 aliphatic heterocycles. The largest absolute Gasteiger partial charge is 0.497 e. The van der Waals surface area contributed by atoms with Crippen molar-refractivity contribution in [3.63, 3.8) is 0 Å². The molecule has 0 spiro atoms. The Bertz CT molecular complexity index is 441. The van der Waals surface area contributed by atoms with Gasteiger partial charge in [0, 0.05) is 23.7 Å². The summed E-state index contributed by atoms with van der Waals surface area (Å²) in [6.07, 6.45) is 0. The summed E-state index contributed by atoms with van der Waals surface area (Å²) in [5, 5.41) is 0. The van der Waals surface area contributed by atoms with E-state index in [1.165, 1.54) is 0 Å². The summed E-state index contributed by atoms with van der Waals surface area (Å²) in [6, 6.07) is 6.10. The number of rotatable bonds is 7. The lowest BCUT2D eigenvalue weighted by Gasteiger charge is -2.41. The molecule has 0 aromatic heterocycles. The Morgan fingerprint density at radius 2 is 1.90 bits per heavy atom. The molecule has 0 fully saturated rings. The van der Waals surface area contributed by atoms with E-state index < -0.39 is 0 Å². The van der Waals surface area contributed by atoms with Crippen molar-refractivity contribution in [1.82, 2.24) is 4.90 Å². The van der Waals surface area contributed by atoms with Crippen LogP contribution in [-0.4, -0.2) is 37.2 Å². The van der Waals surface area contributed by atoms with Gasteiger partial charge < -0.3 is 15.2 Å². The second-order valence-corrected chi connectivity index (χ2v) is 6.05. The summed E-state index contributed by atoms with van der Waals surface area (Å²) in [6.45, 7) is 12.9. The van der Waals surface area contributed by atoms with Gasteiger partial charge in [-0.15, -0.1) is 0 Å². The first-order valence-corrected chi connectivity index (χ1v) is 7.66. The first-order chi connectivity index (χ1) is 9.88. The molecule has 0 amide bonds. The molecule has 0 saturated heterocycles. The molecule has 0 heterocycles. The van der Waals surface area contributed by atoms with Crippen LogP contribution in [0.25, 0.3) is 0 Å². The Kier molecular flexibility index (Phi) is 6.49. The number of benzene rings is 1. The van der Waals surface area contributed by atoms with E-state index in [1.54, 1.807) is 7.11 Å². The topological polar surface area (TPSA) is 47.7 Å². The van der Waals surface area contributed by atoms with E-state index in [9.17, 15) is 0 Å². The van der Waals surface area contributed by atoms with Gasteiger partial charge in [-0.05, 0) is 40.3 Å². The van der Waals surface area contributed by atoms with Gasteiger partial charge in [0.25, 0.3) is 0 Å². The Hall–Kier alpha value is -1.26. The highest BCUT2D eigenvalue weighted by molar-refractivity contribution is 5.43. The SMILES string of the molecule is CCOc1cc(OC)ccc1C(CN)N(CC)C(C)(C)C. The summed E-state index contributed by atoms with van der Waals surface area (Å²) in [7, 11) is 1.67. The van der Waals surface area contributed by atoms with E-state index in [1.807, 2.05) is 19.1 Å². The van der Waals surface area contributed by atoms with Gasteiger partial charge in [0.1, 0.15) is 11.5 Å². The fraction of sp³-hybridized carbons (Fsp3) is 0.647. The second-order valence-electron chi connectivity index (χ2n) is 6.05. The lowest BCUT2D eigenvalue weighted by molar-refractivity contribution is 0.0901. The van der Waals surface area contributed by atoms with E-state index in [2.05, 4.69) is 38.7 Å². The standard InChI is InChI=1S/C17H30N2O2/c1-7-19(17(3,4)5)15(12-18)14-10-9-13(20-6)11-16(14)21-8-2/h9-11,15H,7-8,12,18H2,1-6H3. The van der Waals surface area contributed by atoms with Crippen LogP contribution < -0.4 is 15.2 Å². The van der Waals surface area contributed by atoms with Crippen molar-refractivity contribution in [2.24, 2.45) is 5.73 Å². The van der Waals surface area contributed by atoms with Crippen LogP contribution in [0.3, 0.4) is 0 Å². The lowest BCUT2D eigenvalue weighted by atomic mass is 9.97. The van der Waals surface area contributed by atoms with Gasteiger partial charge in [-0.25, -0.2) is 0 Å². The highest BCUT2D eigenvalue weighted by atomic mass is 16.5. The van der Waals surface area contributed by atoms with Gasteiger partial charge in [-0.3, -0.25) is 4.90 Å². The van der Waals surface area contributed by atoms with E-state index in [0.717, 1.165) is 23.6 Å². The maximum atomic E-state index is 6.09. The molecule has 4 heteroatoms. The van der Waals surface area contributed by atoms with E-state index in [0.29, 0.717) is 13.2 Å². The van der Waals surface area contributed by atoms with Gasteiger partial charge in [-0.2, -0.15) is 0 Å². The molecule has 1 unspecified atom stereocenters. The number of likely N-dealkylation sites (N-methyl/N-ethyl adjacent to an activating group) is 1. The molecule has 2 N–H and O–H groups in total. The third kappa shape index (κ3) is 4.35. The van der Waals surface area contributed by atoms with Crippen LogP contribution in [0.5, 0.6) is 11.5 Å². The van der Waals surface area contributed by atoms with Crippen LogP contribution in [0.1, 0.15) is 46.2 Å². The maximum absolute atomic E-state index is 6.09. The van der Waals surface area contributed by atoms with Gasteiger partial charge in [-0.1, -0.05) is 13.0 Å². The van der Waals surface area contributed by atoms with Crippen molar-refractivity contribution < 1.29 is 9.47 Å². The fourth-order valence-corrected chi connectivity index (χ4v) is 2.78. The quantitative estimate of drug-likeness (QED) is 0.839. The predicted octanol–water partition coefficient (Wildman–Crippen LogP) is 3.21. The zero-order valence-corrected chi connectivity index (χ0v) is 14.3. The number of hydrogen-bond acceptors (Lipinski definition) is 4. The van der Waals surface area contributed by atoms with Crippen molar-refractivity contribution in [3.05, 3.63) is 23.8 Å². The Balaban J connectivity index is 3.26. The average Bonchev–Trinajstić information content (AvgIpc) is 2.44. The summed E-state index contributed by atoms with van der Waals surface area (Å²) < 4.78 is 11.1. The Labute approximate surface area is 129 Å². The molecule has 0 radical (unpaired) electrons. The highest BCUT2D eigenvalue weighted by Gasteiger charge is 2.29. The first-order valence-electron chi connectivity index (χ1n) is 7.66. The van der Waals surface area contributed by atoms with Crippen LogP contribution in [-0.2, 0) is 0 Å². The van der Waals surface area contributed by atoms with Gasteiger partial charge in [0.2, 0.25) is 0 Å². The van der Waals surface area contributed by atoms with Crippen molar-refractivity contribution in [1.29, 1.82) is 0 Å². The molecule has 0 aliphatic carbocycles. The van der Waals surface area contributed by atoms with E-state index in [-0.39, 0.29) is 11.6 Å². The molecule has 1 aromatic rings.